The normalized spacial score (nSPS) is 12.1. The van der Waals surface area contributed by atoms with E-state index in [4.69, 9.17) is 20.5 Å². The molecule has 0 fully saturated rings. The third kappa shape index (κ3) is 4.29. The fourth-order valence-corrected chi connectivity index (χ4v) is 2.50. The Bertz CT molecular complexity index is 909. The van der Waals surface area contributed by atoms with Crippen LogP contribution in [0.5, 0.6) is 11.8 Å². The lowest BCUT2D eigenvalue weighted by molar-refractivity contribution is -0.120. The molecule has 144 valence electrons. The van der Waals surface area contributed by atoms with Gasteiger partial charge in [0, 0.05) is 12.4 Å². The Morgan fingerprint density at radius 2 is 1.36 bits per heavy atom. The van der Waals surface area contributed by atoms with Crippen LogP contribution in [0.4, 0.5) is 8.78 Å². The molecule has 28 heavy (non-hydrogen) atoms. The Hall–Kier alpha value is -3.81. The molecule has 0 amide bonds. The number of nitrogens with zero attached hydrogens (tertiary/aromatic N) is 6. The van der Waals surface area contributed by atoms with E-state index in [0.717, 1.165) is 37.0 Å². The van der Waals surface area contributed by atoms with Crippen molar-refractivity contribution in [3.05, 3.63) is 58.4 Å². The standard InChI is InChI=1S/C17H14F2N6O3/c1-27-16-13(18)3-9(5-22-16)11(7-24-20)15(26)12(8-25-21)10-4-14(19)17(28-2)23-6-10/h3-8,11-12H,1-2H3. The Kier molecular flexibility index (Phi) is 6.75. The van der Waals surface area contributed by atoms with Crippen LogP contribution in [-0.2, 0) is 4.79 Å². The first-order valence-corrected chi connectivity index (χ1v) is 7.74. The Morgan fingerprint density at radius 3 is 1.64 bits per heavy atom. The monoisotopic (exact) mass is 388 g/mol. The van der Waals surface area contributed by atoms with Gasteiger partial charge in [0.25, 0.3) is 12.4 Å². The zero-order chi connectivity index (χ0) is 20.7. The Labute approximate surface area is 157 Å². The van der Waals surface area contributed by atoms with Crippen molar-refractivity contribution >= 4 is 18.2 Å². The van der Waals surface area contributed by atoms with Gasteiger partial charge in [0.15, 0.2) is 17.4 Å². The first-order chi connectivity index (χ1) is 13.5. The van der Waals surface area contributed by atoms with E-state index in [1.807, 2.05) is 0 Å². The van der Waals surface area contributed by atoms with Gasteiger partial charge in [0.05, 0.1) is 14.2 Å². The molecule has 2 rings (SSSR count). The van der Waals surface area contributed by atoms with Crippen molar-refractivity contribution in [2.75, 3.05) is 14.2 Å². The fourth-order valence-electron chi connectivity index (χ4n) is 2.50. The molecule has 0 bridgehead atoms. The molecular weight excluding hydrogens is 374 g/mol. The van der Waals surface area contributed by atoms with Gasteiger partial charge in [-0.2, -0.15) is 9.58 Å². The van der Waals surface area contributed by atoms with Crippen LogP contribution in [0.25, 0.3) is 11.1 Å². The predicted molar refractivity (Wildman–Crippen MR) is 91.3 cm³/mol. The number of carbonyl (C=O) groups is 1. The topological polar surface area (TPSA) is 134 Å². The fraction of sp³-hybridized carbons (Fsp3) is 0.235. The number of rotatable bonds is 8. The molecule has 2 heterocycles. The Balaban J connectivity index is 2.51. The van der Waals surface area contributed by atoms with Gasteiger partial charge in [0.2, 0.25) is 11.8 Å². The molecule has 11 heteroatoms. The number of hydrogen-bond donors (Lipinski definition) is 0. The van der Waals surface area contributed by atoms with Crippen molar-refractivity contribution in [2.24, 2.45) is 0 Å². The van der Waals surface area contributed by atoms with Gasteiger partial charge in [-0.25, -0.2) is 18.7 Å². The minimum atomic E-state index is -1.29. The van der Waals surface area contributed by atoms with Gasteiger partial charge < -0.3 is 20.5 Å². The van der Waals surface area contributed by atoms with E-state index in [9.17, 15) is 13.6 Å². The highest BCUT2D eigenvalue weighted by atomic mass is 19.1. The molecule has 0 saturated heterocycles. The van der Waals surface area contributed by atoms with Crippen molar-refractivity contribution < 1.29 is 32.6 Å². The maximum absolute atomic E-state index is 14.0. The molecule has 2 aromatic heterocycles. The van der Waals surface area contributed by atoms with Gasteiger partial charge in [0.1, 0.15) is 11.8 Å². The van der Waals surface area contributed by atoms with Crippen LogP contribution in [0.3, 0.4) is 0 Å². The number of halogens is 2. The van der Waals surface area contributed by atoms with Crippen molar-refractivity contribution in [3.8, 4) is 11.8 Å². The van der Waals surface area contributed by atoms with Crippen molar-refractivity contribution in [3.63, 3.8) is 0 Å². The van der Waals surface area contributed by atoms with E-state index < -0.39 is 29.3 Å². The quantitative estimate of drug-likeness (QED) is 0.386. The van der Waals surface area contributed by atoms with Crippen molar-refractivity contribution in [1.29, 1.82) is 0 Å². The van der Waals surface area contributed by atoms with E-state index >= 15 is 0 Å². The lowest BCUT2D eigenvalue weighted by Crippen LogP contribution is -2.24. The molecule has 0 aliphatic carbocycles. The molecule has 0 aromatic carbocycles. The van der Waals surface area contributed by atoms with Crippen molar-refractivity contribution in [1.82, 2.24) is 9.97 Å². The largest absolute Gasteiger partial charge is 0.479 e. The minimum Gasteiger partial charge on any atom is -0.479 e. The molecule has 9 nitrogen and oxygen atoms in total. The molecule has 0 spiro atoms. The first-order valence-electron chi connectivity index (χ1n) is 7.74. The number of aromatic nitrogens is 2. The van der Waals surface area contributed by atoms with Crippen LogP contribution in [0.15, 0.2) is 24.5 Å². The molecule has 0 aliphatic heterocycles. The lowest BCUT2D eigenvalue weighted by atomic mass is 9.86. The predicted octanol–water partition coefficient (Wildman–Crippen LogP) is 1.81. The van der Waals surface area contributed by atoms with Crippen LogP contribution >= 0.6 is 0 Å². The smallest absolute Gasteiger partial charge is 0.272 e. The number of ketones is 1. The average molecular weight is 388 g/mol. The molecule has 2 atom stereocenters. The summed E-state index contributed by atoms with van der Waals surface area (Å²) in [6.07, 6.45) is 4.01. The summed E-state index contributed by atoms with van der Waals surface area (Å²) in [5.41, 5.74) is 17.9. The number of ether oxygens (including phenoxy) is 2. The molecule has 0 radical (unpaired) electrons. The highest BCUT2D eigenvalue weighted by Gasteiger charge is 2.34. The van der Waals surface area contributed by atoms with E-state index in [0.29, 0.717) is 0 Å². The van der Waals surface area contributed by atoms with E-state index in [1.54, 1.807) is 0 Å². The summed E-state index contributed by atoms with van der Waals surface area (Å²) < 4.78 is 37.4. The van der Waals surface area contributed by atoms with Crippen LogP contribution < -0.4 is 9.47 Å². The number of Topliss-reactive ketones (excluding diaryl/α,β-unsaturated/α-hetero) is 1. The van der Waals surface area contributed by atoms with Gasteiger partial charge in [-0.1, -0.05) is 0 Å². The molecule has 2 unspecified atom stereocenters. The summed E-state index contributed by atoms with van der Waals surface area (Å²) in [5.74, 6) is -5.54. The summed E-state index contributed by atoms with van der Waals surface area (Å²) in [5, 5.41) is 0. The molecule has 0 aliphatic rings. The molecule has 0 saturated carbocycles. The van der Waals surface area contributed by atoms with Gasteiger partial charge in [-0.05, 0) is 23.3 Å². The molecular formula is C17H14F2N6O3. The Morgan fingerprint density at radius 1 is 0.964 bits per heavy atom. The van der Waals surface area contributed by atoms with E-state index in [2.05, 4.69) is 19.5 Å². The maximum atomic E-state index is 14.0. The lowest BCUT2D eigenvalue weighted by Gasteiger charge is -2.13. The van der Waals surface area contributed by atoms with Crippen molar-refractivity contribution in [2.45, 2.75) is 11.8 Å². The van der Waals surface area contributed by atoms with Gasteiger partial charge in [-0.15, -0.1) is 0 Å². The van der Waals surface area contributed by atoms with E-state index in [1.165, 1.54) is 14.2 Å². The summed E-state index contributed by atoms with van der Waals surface area (Å²) in [4.78, 5) is 26.1. The summed E-state index contributed by atoms with van der Waals surface area (Å²) in [7, 11) is 2.45. The summed E-state index contributed by atoms with van der Waals surface area (Å²) >= 11 is 0. The average Bonchev–Trinajstić information content (AvgIpc) is 2.69. The van der Waals surface area contributed by atoms with Crippen LogP contribution in [0, 0.1) is 11.6 Å². The van der Waals surface area contributed by atoms with E-state index in [-0.39, 0.29) is 22.9 Å². The number of methoxy groups -OCH3 is 2. The zero-order valence-electron chi connectivity index (χ0n) is 14.8. The van der Waals surface area contributed by atoms with Gasteiger partial charge >= 0.3 is 0 Å². The van der Waals surface area contributed by atoms with Gasteiger partial charge in [-0.3, -0.25) is 4.79 Å². The highest BCUT2D eigenvalue weighted by Crippen LogP contribution is 2.27. The molecule has 2 aromatic rings. The van der Waals surface area contributed by atoms with Crippen LogP contribution in [0.1, 0.15) is 23.0 Å². The number of hydrogen-bond acceptors (Lipinski definition) is 5. The first kappa shape index (κ1) is 20.5. The highest BCUT2D eigenvalue weighted by molar-refractivity contribution is 6.09. The second-order valence-corrected chi connectivity index (χ2v) is 5.41. The second-order valence-electron chi connectivity index (χ2n) is 5.41. The summed E-state index contributed by atoms with van der Waals surface area (Å²) in [6, 6.07) is 1.96. The zero-order valence-corrected chi connectivity index (χ0v) is 14.8. The minimum absolute atomic E-state index is 0.0411. The third-order valence-corrected chi connectivity index (χ3v) is 3.81. The van der Waals surface area contributed by atoms with Crippen LogP contribution in [-0.4, -0.2) is 52.0 Å². The third-order valence-electron chi connectivity index (χ3n) is 3.81. The SMILES string of the molecule is COc1ncc(C(C=[N+]=[N-])C(=O)C(C=[N+]=[N-])c2cnc(OC)c(F)c2)cc1F. The number of carbonyl (C=O) groups excluding carboxylic acids is 1. The molecule has 0 N–H and O–H groups in total. The summed E-state index contributed by atoms with van der Waals surface area (Å²) in [6.45, 7) is 0. The van der Waals surface area contributed by atoms with Crippen LogP contribution in [0.2, 0.25) is 0 Å². The maximum Gasteiger partial charge on any atom is 0.272 e. The number of pyridine rings is 2. The second kappa shape index (κ2) is 9.22.